The maximum Gasteiger partial charge on any atom is 0.409 e. The second-order valence-corrected chi connectivity index (χ2v) is 5.57. The number of nitrogens with zero attached hydrogens (tertiary/aromatic N) is 1. The highest BCUT2D eigenvalue weighted by Gasteiger charge is 2.26. The van der Waals surface area contributed by atoms with Gasteiger partial charge < -0.3 is 19.7 Å². The molecule has 0 saturated carbocycles. The summed E-state index contributed by atoms with van der Waals surface area (Å²) < 4.78 is 10.6. The Kier molecular flexibility index (Phi) is 4.46. The maximum atomic E-state index is 12.2. The number of fused-ring (bicyclic) bond motifs is 1. The summed E-state index contributed by atoms with van der Waals surface area (Å²) in [6.45, 7) is 2.49. The summed E-state index contributed by atoms with van der Waals surface area (Å²) in [5, 5.41) is 2.88. The standard InChI is InChI=1S/C16H20N2O4/c19-15(17-6-8-18-7-3-9-21-16(18)20)13-10-12-4-1-2-5-14(12)22-11-13/h1-2,4-5,13H,3,6-11H2,(H,17,19). The van der Waals surface area contributed by atoms with Gasteiger partial charge in [0.1, 0.15) is 12.4 Å². The van der Waals surface area contributed by atoms with E-state index in [1.165, 1.54) is 0 Å². The number of carbonyl (C=O) groups excluding carboxylic acids is 2. The number of rotatable bonds is 4. The molecular formula is C16H20N2O4. The van der Waals surface area contributed by atoms with E-state index < -0.39 is 0 Å². The van der Waals surface area contributed by atoms with Crippen molar-refractivity contribution in [3.05, 3.63) is 29.8 Å². The SMILES string of the molecule is O=C(NCCN1CCCOC1=O)C1COc2ccccc2C1. The monoisotopic (exact) mass is 304 g/mol. The van der Waals surface area contributed by atoms with Crippen LogP contribution in [0.2, 0.25) is 0 Å². The van der Waals surface area contributed by atoms with Crippen LogP contribution in [0.3, 0.4) is 0 Å². The van der Waals surface area contributed by atoms with E-state index in [1.807, 2.05) is 24.3 Å². The van der Waals surface area contributed by atoms with E-state index >= 15 is 0 Å². The molecule has 6 nitrogen and oxygen atoms in total. The lowest BCUT2D eigenvalue weighted by Gasteiger charge is -2.27. The molecule has 6 heteroatoms. The zero-order chi connectivity index (χ0) is 15.4. The summed E-state index contributed by atoms with van der Waals surface area (Å²) in [6.07, 6.45) is 1.23. The Morgan fingerprint density at radius 3 is 3.05 bits per heavy atom. The van der Waals surface area contributed by atoms with Crippen molar-refractivity contribution in [3.8, 4) is 5.75 Å². The first-order valence-corrected chi connectivity index (χ1v) is 7.64. The van der Waals surface area contributed by atoms with Gasteiger partial charge in [0.05, 0.1) is 12.5 Å². The third-order valence-corrected chi connectivity index (χ3v) is 3.99. The Balaban J connectivity index is 1.46. The Morgan fingerprint density at radius 1 is 1.32 bits per heavy atom. The maximum absolute atomic E-state index is 12.2. The predicted octanol–water partition coefficient (Wildman–Crippen LogP) is 1.20. The lowest BCUT2D eigenvalue weighted by Crippen LogP contribution is -2.44. The van der Waals surface area contributed by atoms with Gasteiger partial charge in [0.15, 0.2) is 0 Å². The molecule has 1 atom stereocenters. The van der Waals surface area contributed by atoms with E-state index in [0.717, 1.165) is 17.7 Å². The molecule has 1 saturated heterocycles. The van der Waals surface area contributed by atoms with Crippen LogP contribution in [0.15, 0.2) is 24.3 Å². The second kappa shape index (κ2) is 6.68. The Labute approximate surface area is 129 Å². The van der Waals surface area contributed by atoms with Crippen molar-refractivity contribution in [2.45, 2.75) is 12.8 Å². The van der Waals surface area contributed by atoms with Gasteiger partial charge in [0, 0.05) is 19.6 Å². The second-order valence-electron chi connectivity index (χ2n) is 5.57. The minimum absolute atomic E-state index is 0.0279. The number of cyclic esters (lactones) is 1. The molecule has 118 valence electrons. The fraction of sp³-hybridized carbons (Fsp3) is 0.500. The number of carbonyl (C=O) groups is 2. The van der Waals surface area contributed by atoms with Crippen LogP contribution in [0, 0.1) is 5.92 Å². The first-order valence-electron chi connectivity index (χ1n) is 7.64. The molecule has 1 aromatic carbocycles. The predicted molar refractivity (Wildman–Crippen MR) is 79.7 cm³/mol. The summed E-state index contributed by atoms with van der Waals surface area (Å²) in [5.41, 5.74) is 1.06. The van der Waals surface area contributed by atoms with Gasteiger partial charge in [-0.05, 0) is 24.5 Å². The van der Waals surface area contributed by atoms with Crippen molar-refractivity contribution in [3.63, 3.8) is 0 Å². The van der Waals surface area contributed by atoms with Crippen molar-refractivity contribution < 1.29 is 19.1 Å². The van der Waals surface area contributed by atoms with Gasteiger partial charge in [-0.1, -0.05) is 18.2 Å². The molecule has 1 aromatic rings. The third kappa shape index (κ3) is 3.32. The quantitative estimate of drug-likeness (QED) is 0.907. The highest BCUT2D eigenvalue weighted by atomic mass is 16.6. The normalized spacial score (nSPS) is 20.6. The molecule has 1 unspecified atom stereocenters. The van der Waals surface area contributed by atoms with Crippen LogP contribution < -0.4 is 10.1 Å². The van der Waals surface area contributed by atoms with E-state index in [-0.39, 0.29) is 17.9 Å². The minimum Gasteiger partial charge on any atom is -0.492 e. The van der Waals surface area contributed by atoms with Crippen molar-refractivity contribution in [2.75, 3.05) is 32.8 Å². The lowest BCUT2D eigenvalue weighted by molar-refractivity contribution is -0.126. The van der Waals surface area contributed by atoms with E-state index in [0.29, 0.717) is 39.3 Å². The Morgan fingerprint density at radius 2 is 2.18 bits per heavy atom. The van der Waals surface area contributed by atoms with Gasteiger partial charge in [-0.2, -0.15) is 0 Å². The van der Waals surface area contributed by atoms with Gasteiger partial charge in [0.25, 0.3) is 0 Å². The Hall–Kier alpha value is -2.24. The average molecular weight is 304 g/mol. The first kappa shape index (κ1) is 14.7. The topological polar surface area (TPSA) is 67.9 Å². The molecule has 0 spiro atoms. The third-order valence-electron chi connectivity index (χ3n) is 3.99. The molecule has 22 heavy (non-hydrogen) atoms. The van der Waals surface area contributed by atoms with Crippen LogP contribution in [0.4, 0.5) is 4.79 Å². The number of nitrogens with one attached hydrogen (secondary N) is 1. The molecule has 2 amide bonds. The summed E-state index contributed by atoms with van der Waals surface area (Å²) in [4.78, 5) is 25.3. The zero-order valence-electron chi connectivity index (χ0n) is 12.4. The molecule has 2 heterocycles. The summed E-state index contributed by atoms with van der Waals surface area (Å²) in [5.74, 6) is 0.658. The summed E-state index contributed by atoms with van der Waals surface area (Å²) >= 11 is 0. The van der Waals surface area contributed by atoms with Crippen LogP contribution in [-0.2, 0) is 16.0 Å². The highest BCUT2D eigenvalue weighted by molar-refractivity contribution is 5.79. The molecule has 1 N–H and O–H groups in total. The fourth-order valence-electron chi connectivity index (χ4n) is 2.76. The molecule has 2 aliphatic rings. The molecule has 0 bridgehead atoms. The van der Waals surface area contributed by atoms with E-state index in [2.05, 4.69) is 5.32 Å². The fourth-order valence-corrected chi connectivity index (χ4v) is 2.76. The number of benzene rings is 1. The van der Waals surface area contributed by atoms with Gasteiger partial charge >= 0.3 is 6.09 Å². The Bertz CT molecular complexity index is 561. The largest absolute Gasteiger partial charge is 0.492 e. The van der Waals surface area contributed by atoms with Crippen molar-refractivity contribution in [1.82, 2.24) is 10.2 Å². The van der Waals surface area contributed by atoms with E-state index in [9.17, 15) is 9.59 Å². The number of ether oxygens (including phenoxy) is 2. The molecule has 3 rings (SSSR count). The van der Waals surface area contributed by atoms with Gasteiger partial charge in [-0.15, -0.1) is 0 Å². The van der Waals surface area contributed by atoms with Crippen LogP contribution in [0.1, 0.15) is 12.0 Å². The number of para-hydroxylation sites is 1. The van der Waals surface area contributed by atoms with E-state index in [1.54, 1.807) is 4.90 Å². The van der Waals surface area contributed by atoms with Crippen molar-refractivity contribution >= 4 is 12.0 Å². The summed E-state index contributed by atoms with van der Waals surface area (Å²) in [7, 11) is 0. The molecule has 2 aliphatic heterocycles. The minimum atomic E-state index is -0.296. The average Bonchev–Trinajstić information content (AvgIpc) is 2.56. The van der Waals surface area contributed by atoms with Crippen LogP contribution in [0.25, 0.3) is 0 Å². The first-order chi connectivity index (χ1) is 10.7. The van der Waals surface area contributed by atoms with E-state index in [4.69, 9.17) is 9.47 Å². The van der Waals surface area contributed by atoms with Gasteiger partial charge in [0.2, 0.25) is 5.91 Å². The van der Waals surface area contributed by atoms with Gasteiger partial charge in [-0.25, -0.2) is 4.79 Å². The molecular weight excluding hydrogens is 284 g/mol. The molecule has 1 fully saturated rings. The van der Waals surface area contributed by atoms with Crippen LogP contribution in [0.5, 0.6) is 5.75 Å². The van der Waals surface area contributed by atoms with Crippen molar-refractivity contribution in [2.24, 2.45) is 5.92 Å². The molecule has 0 aliphatic carbocycles. The zero-order valence-corrected chi connectivity index (χ0v) is 12.4. The lowest BCUT2D eigenvalue weighted by atomic mass is 9.96. The molecule has 0 aromatic heterocycles. The highest BCUT2D eigenvalue weighted by Crippen LogP contribution is 2.26. The summed E-state index contributed by atoms with van der Waals surface area (Å²) in [6, 6.07) is 7.78. The van der Waals surface area contributed by atoms with Crippen molar-refractivity contribution in [1.29, 1.82) is 0 Å². The van der Waals surface area contributed by atoms with Crippen LogP contribution >= 0.6 is 0 Å². The number of hydrogen-bond donors (Lipinski definition) is 1. The number of amides is 2. The molecule has 0 radical (unpaired) electrons. The number of hydrogen-bond acceptors (Lipinski definition) is 4. The smallest absolute Gasteiger partial charge is 0.409 e. The van der Waals surface area contributed by atoms with Crippen LogP contribution in [-0.4, -0.2) is 49.7 Å². The van der Waals surface area contributed by atoms with Gasteiger partial charge in [-0.3, -0.25) is 4.79 Å².